The van der Waals surface area contributed by atoms with Crippen LogP contribution in [0.15, 0.2) is 53.4 Å². The van der Waals surface area contributed by atoms with E-state index >= 15 is 0 Å². The first-order chi connectivity index (χ1) is 12.1. The molecule has 0 bridgehead atoms. The molecule has 0 N–H and O–H groups in total. The summed E-state index contributed by atoms with van der Waals surface area (Å²) in [6, 6.07) is 12.4. The second kappa shape index (κ2) is 7.80. The van der Waals surface area contributed by atoms with Crippen LogP contribution in [0.1, 0.15) is 33.2 Å². The third-order valence-corrected chi connectivity index (χ3v) is 5.69. The van der Waals surface area contributed by atoms with Gasteiger partial charge in [0.15, 0.2) is 6.10 Å². The van der Waals surface area contributed by atoms with Crippen molar-refractivity contribution in [1.82, 2.24) is 4.31 Å². The minimum Gasteiger partial charge on any atom is -0.451 e. The summed E-state index contributed by atoms with van der Waals surface area (Å²) in [5, 5.41) is 0. The van der Waals surface area contributed by atoms with Gasteiger partial charge in [-0.1, -0.05) is 29.8 Å². The van der Waals surface area contributed by atoms with Gasteiger partial charge in [0.2, 0.25) is 15.8 Å². The lowest BCUT2D eigenvalue weighted by molar-refractivity contribution is 0.0318. The quantitative estimate of drug-likeness (QED) is 0.573. The number of hydrogen-bond donors (Lipinski definition) is 0. The second-order valence-corrected chi connectivity index (χ2v) is 8.24. The molecule has 0 spiro atoms. The van der Waals surface area contributed by atoms with E-state index in [1.54, 1.807) is 12.1 Å². The van der Waals surface area contributed by atoms with Crippen molar-refractivity contribution in [3.8, 4) is 0 Å². The van der Waals surface area contributed by atoms with Gasteiger partial charge in [0.05, 0.1) is 10.5 Å². The van der Waals surface area contributed by atoms with Crippen LogP contribution in [0.4, 0.5) is 0 Å². The molecule has 0 amide bonds. The molecule has 138 valence electrons. The maximum atomic E-state index is 12.3. The molecule has 1 unspecified atom stereocenters. The zero-order valence-corrected chi connectivity index (χ0v) is 15.9. The number of hydrogen-bond acceptors (Lipinski definition) is 5. The third kappa shape index (κ3) is 4.36. The molecule has 6 nitrogen and oxygen atoms in total. The molecule has 2 aromatic carbocycles. The third-order valence-electron chi connectivity index (χ3n) is 3.86. The highest BCUT2D eigenvalue weighted by molar-refractivity contribution is 7.89. The fraction of sp³-hybridized carbons (Fsp3) is 0.263. The van der Waals surface area contributed by atoms with Gasteiger partial charge in [0, 0.05) is 19.7 Å². The summed E-state index contributed by atoms with van der Waals surface area (Å²) in [6.45, 7) is 3.42. The summed E-state index contributed by atoms with van der Waals surface area (Å²) in [7, 11) is -0.715. The van der Waals surface area contributed by atoms with Crippen molar-refractivity contribution in [3.05, 3.63) is 65.2 Å². The molecular weight excluding hydrogens is 354 g/mol. The van der Waals surface area contributed by atoms with Crippen molar-refractivity contribution in [2.75, 3.05) is 14.1 Å². The molecule has 0 saturated carbocycles. The molecule has 0 fully saturated rings. The van der Waals surface area contributed by atoms with Crippen LogP contribution in [0.2, 0.25) is 0 Å². The first kappa shape index (κ1) is 19.8. The number of carbonyl (C=O) groups excluding carboxylic acids is 2. The number of nitrogens with zero attached hydrogens (tertiary/aromatic N) is 1. The Morgan fingerprint density at radius 2 is 1.42 bits per heavy atom. The van der Waals surface area contributed by atoms with E-state index in [-0.39, 0.29) is 16.2 Å². The average molecular weight is 375 g/mol. The molecule has 0 aliphatic carbocycles. The summed E-state index contributed by atoms with van der Waals surface area (Å²) >= 11 is 0. The maximum absolute atomic E-state index is 12.3. The van der Waals surface area contributed by atoms with Gasteiger partial charge < -0.3 is 4.74 Å². The summed E-state index contributed by atoms with van der Waals surface area (Å²) in [5.41, 5.74) is 1.66. The second-order valence-electron chi connectivity index (χ2n) is 6.09. The largest absolute Gasteiger partial charge is 0.451 e. The summed E-state index contributed by atoms with van der Waals surface area (Å²) in [4.78, 5) is 24.6. The molecule has 1 atom stereocenters. The number of ether oxygens (including phenoxy) is 1. The van der Waals surface area contributed by atoms with Crippen molar-refractivity contribution < 1.29 is 22.7 Å². The molecule has 0 aliphatic rings. The van der Waals surface area contributed by atoms with E-state index in [4.69, 9.17) is 4.74 Å². The standard InChI is InChI=1S/C19H21NO5S/c1-13-5-7-15(8-6-13)18(21)14(2)25-19(22)16-9-11-17(12-10-16)26(23,24)20(3)4/h5-12,14H,1-4H3. The van der Waals surface area contributed by atoms with Gasteiger partial charge in [0.25, 0.3) is 0 Å². The molecule has 0 aliphatic heterocycles. The van der Waals surface area contributed by atoms with E-state index in [1.807, 2.05) is 19.1 Å². The number of carbonyl (C=O) groups is 2. The van der Waals surface area contributed by atoms with Gasteiger partial charge in [-0.2, -0.15) is 0 Å². The molecule has 2 rings (SSSR count). The van der Waals surface area contributed by atoms with Crippen LogP contribution in [0.3, 0.4) is 0 Å². The van der Waals surface area contributed by atoms with Gasteiger partial charge in [-0.15, -0.1) is 0 Å². The van der Waals surface area contributed by atoms with Gasteiger partial charge in [-0.3, -0.25) is 4.79 Å². The van der Waals surface area contributed by atoms with Crippen molar-refractivity contribution in [1.29, 1.82) is 0 Å². The lowest BCUT2D eigenvalue weighted by Crippen LogP contribution is -2.24. The van der Waals surface area contributed by atoms with E-state index in [1.165, 1.54) is 45.3 Å². The minimum atomic E-state index is -3.57. The Hall–Kier alpha value is -2.51. The summed E-state index contributed by atoms with van der Waals surface area (Å²) in [5.74, 6) is -0.989. The topological polar surface area (TPSA) is 80.8 Å². The molecule has 0 radical (unpaired) electrons. The van der Waals surface area contributed by atoms with Gasteiger partial charge in [0.1, 0.15) is 0 Å². The van der Waals surface area contributed by atoms with Crippen LogP contribution in [0.25, 0.3) is 0 Å². The first-order valence-corrected chi connectivity index (χ1v) is 9.41. The van der Waals surface area contributed by atoms with Crippen molar-refractivity contribution in [2.45, 2.75) is 24.8 Å². The Kier molecular flexibility index (Phi) is 5.94. The molecule has 26 heavy (non-hydrogen) atoms. The molecule has 0 aromatic heterocycles. The lowest BCUT2D eigenvalue weighted by Gasteiger charge is -2.14. The highest BCUT2D eigenvalue weighted by atomic mass is 32.2. The van der Waals surface area contributed by atoms with E-state index in [0.29, 0.717) is 5.56 Å². The van der Waals surface area contributed by atoms with Crippen LogP contribution in [0, 0.1) is 6.92 Å². The van der Waals surface area contributed by atoms with Crippen molar-refractivity contribution in [3.63, 3.8) is 0 Å². The highest BCUT2D eigenvalue weighted by Gasteiger charge is 2.22. The summed E-state index contributed by atoms with van der Waals surface area (Å²) < 4.78 is 30.3. The Balaban J connectivity index is 2.09. The first-order valence-electron chi connectivity index (χ1n) is 7.97. The smallest absolute Gasteiger partial charge is 0.338 e. The van der Waals surface area contributed by atoms with E-state index in [2.05, 4.69) is 0 Å². The number of sulfonamides is 1. The number of ketones is 1. The monoisotopic (exact) mass is 375 g/mol. The van der Waals surface area contributed by atoms with Crippen LogP contribution in [-0.2, 0) is 14.8 Å². The van der Waals surface area contributed by atoms with Crippen LogP contribution in [0.5, 0.6) is 0 Å². The maximum Gasteiger partial charge on any atom is 0.338 e. The molecule has 7 heteroatoms. The van der Waals surface area contributed by atoms with Crippen LogP contribution < -0.4 is 0 Å². The number of benzene rings is 2. The van der Waals surface area contributed by atoms with Gasteiger partial charge in [-0.05, 0) is 38.1 Å². The van der Waals surface area contributed by atoms with E-state index < -0.39 is 22.1 Å². The Morgan fingerprint density at radius 1 is 0.923 bits per heavy atom. The highest BCUT2D eigenvalue weighted by Crippen LogP contribution is 2.16. The Bertz CT molecular complexity index is 900. The molecule has 0 heterocycles. The molecular formula is C19H21NO5S. The predicted octanol–water partition coefficient (Wildman–Crippen LogP) is 2.67. The Morgan fingerprint density at radius 3 is 1.92 bits per heavy atom. The molecule has 0 saturated heterocycles. The SMILES string of the molecule is Cc1ccc(C(=O)C(C)OC(=O)c2ccc(S(=O)(=O)N(C)C)cc2)cc1. The lowest BCUT2D eigenvalue weighted by atomic mass is 10.1. The number of esters is 1. The van der Waals surface area contributed by atoms with E-state index in [9.17, 15) is 18.0 Å². The number of Topliss-reactive ketones (excluding diaryl/α,β-unsaturated/α-hetero) is 1. The van der Waals surface area contributed by atoms with Gasteiger partial charge in [-0.25, -0.2) is 17.5 Å². The molecule has 2 aromatic rings. The fourth-order valence-corrected chi connectivity index (χ4v) is 3.11. The van der Waals surface area contributed by atoms with Crippen molar-refractivity contribution >= 4 is 21.8 Å². The minimum absolute atomic E-state index is 0.0721. The van der Waals surface area contributed by atoms with Crippen molar-refractivity contribution in [2.24, 2.45) is 0 Å². The Labute approximate surface area is 153 Å². The van der Waals surface area contributed by atoms with E-state index in [0.717, 1.165) is 9.87 Å². The number of rotatable bonds is 6. The zero-order chi connectivity index (χ0) is 19.5. The normalized spacial score (nSPS) is 12.7. The fourth-order valence-electron chi connectivity index (χ4n) is 2.21. The number of aryl methyl sites for hydroxylation is 1. The zero-order valence-electron chi connectivity index (χ0n) is 15.1. The van der Waals surface area contributed by atoms with Gasteiger partial charge >= 0.3 is 5.97 Å². The predicted molar refractivity (Wildman–Crippen MR) is 97.7 cm³/mol. The van der Waals surface area contributed by atoms with Crippen LogP contribution >= 0.6 is 0 Å². The average Bonchev–Trinajstić information content (AvgIpc) is 2.61. The summed E-state index contributed by atoms with van der Waals surface area (Å²) in [6.07, 6.45) is -0.949. The van der Waals surface area contributed by atoms with Crippen LogP contribution in [-0.4, -0.2) is 44.7 Å².